The summed E-state index contributed by atoms with van der Waals surface area (Å²) in [4.78, 5) is 27.0. The second-order valence-electron chi connectivity index (χ2n) is 8.22. The van der Waals surface area contributed by atoms with Crippen LogP contribution >= 0.6 is 11.6 Å². The Labute approximate surface area is 177 Å². The molecule has 1 N–H and O–H groups in total. The van der Waals surface area contributed by atoms with Crippen LogP contribution in [0.4, 0.5) is 0 Å². The van der Waals surface area contributed by atoms with Crippen molar-refractivity contribution in [2.45, 2.75) is 52.5 Å². The fourth-order valence-corrected chi connectivity index (χ4v) is 3.96. The van der Waals surface area contributed by atoms with E-state index in [0.29, 0.717) is 23.7 Å². The van der Waals surface area contributed by atoms with E-state index in [2.05, 4.69) is 10.4 Å². The molecule has 0 aliphatic carbocycles. The molecule has 1 fully saturated rings. The maximum atomic E-state index is 13.0. The van der Waals surface area contributed by atoms with E-state index >= 15 is 0 Å². The van der Waals surface area contributed by atoms with Crippen molar-refractivity contribution in [3.05, 3.63) is 46.7 Å². The standard InChI is InChI=1S/C22H29ClN4O2/c1-14(2)20-19(13-24-27(20)18-7-5-6-16(23)12-18)21(28)25-17-8-10-26(11-9-17)22(29)15(3)4/h5-7,12-15,17H,8-11H2,1-4H3,(H,25,28). The molecule has 0 radical (unpaired) electrons. The lowest BCUT2D eigenvalue weighted by molar-refractivity contribution is -0.135. The largest absolute Gasteiger partial charge is 0.349 e. The first-order valence-electron chi connectivity index (χ1n) is 10.2. The van der Waals surface area contributed by atoms with Crippen molar-refractivity contribution in [1.82, 2.24) is 20.0 Å². The number of benzene rings is 1. The Morgan fingerprint density at radius 2 is 1.86 bits per heavy atom. The van der Waals surface area contributed by atoms with Gasteiger partial charge in [0.15, 0.2) is 0 Å². The SMILES string of the molecule is CC(C)C(=O)N1CCC(NC(=O)c2cnn(-c3cccc(Cl)c3)c2C(C)C)CC1. The van der Waals surface area contributed by atoms with E-state index in [0.717, 1.165) is 24.2 Å². The lowest BCUT2D eigenvalue weighted by Gasteiger charge is -2.33. The maximum Gasteiger partial charge on any atom is 0.255 e. The second-order valence-corrected chi connectivity index (χ2v) is 8.65. The zero-order valence-electron chi connectivity index (χ0n) is 17.5. The molecule has 0 atom stereocenters. The summed E-state index contributed by atoms with van der Waals surface area (Å²) in [6, 6.07) is 7.51. The number of nitrogens with one attached hydrogen (secondary N) is 1. The van der Waals surface area contributed by atoms with Crippen LogP contribution in [0, 0.1) is 5.92 Å². The molecule has 2 heterocycles. The fraction of sp³-hybridized carbons (Fsp3) is 0.500. The zero-order chi connectivity index (χ0) is 21.1. The minimum atomic E-state index is -0.115. The van der Waals surface area contributed by atoms with Gasteiger partial charge >= 0.3 is 0 Å². The van der Waals surface area contributed by atoms with Crippen molar-refractivity contribution in [2.24, 2.45) is 5.92 Å². The average molecular weight is 417 g/mol. The van der Waals surface area contributed by atoms with Crippen LogP contribution < -0.4 is 5.32 Å². The summed E-state index contributed by atoms with van der Waals surface area (Å²) in [5.41, 5.74) is 2.28. The monoisotopic (exact) mass is 416 g/mol. The van der Waals surface area contributed by atoms with E-state index in [4.69, 9.17) is 11.6 Å². The molecular weight excluding hydrogens is 388 g/mol. The van der Waals surface area contributed by atoms with Gasteiger partial charge in [0.25, 0.3) is 5.91 Å². The van der Waals surface area contributed by atoms with Gasteiger partial charge in [0.1, 0.15) is 0 Å². The van der Waals surface area contributed by atoms with Gasteiger partial charge < -0.3 is 10.2 Å². The van der Waals surface area contributed by atoms with Gasteiger partial charge in [0.05, 0.1) is 23.1 Å². The summed E-state index contributed by atoms with van der Waals surface area (Å²) >= 11 is 6.13. The Morgan fingerprint density at radius 3 is 2.45 bits per heavy atom. The minimum Gasteiger partial charge on any atom is -0.349 e. The maximum absolute atomic E-state index is 13.0. The predicted octanol–water partition coefficient (Wildman–Crippen LogP) is 4.03. The minimum absolute atomic E-state index is 0.00655. The second kappa shape index (κ2) is 8.99. The third kappa shape index (κ3) is 4.81. The number of nitrogens with zero attached hydrogens (tertiary/aromatic N) is 3. The van der Waals surface area contributed by atoms with Crippen LogP contribution in [-0.4, -0.2) is 45.6 Å². The van der Waals surface area contributed by atoms with Crippen LogP contribution in [0.5, 0.6) is 0 Å². The molecule has 0 bridgehead atoms. The first-order valence-corrected chi connectivity index (χ1v) is 10.6. The quantitative estimate of drug-likeness (QED) is 0.800. The summed E-state index contributed by atoms with van der Waals surface area (Å²) in [5, 5.41) is 8.23. The molecule has 1 aliphatic rings. The molecule has 0 unspecified atom stereocenters. The Hall–Kier alpha value is -2.34. The highest BCUT2D eigenvalue weighted by molar-refractivity contribution is 6.30. The molecule has 1 saturated heterocycles. The highest BCUT2D eigenvalue weighted by atomic mass is 35.5. The molecule has 156 valence electrons. The summed E-state index contributed by atoms with van der Waals surface area (Å²) in [6.45, 7) is 9.29. The Kier molecular flexibility index (Phi) is 6.63. The van der Waals surface area contributed by atoms with Gasteiger partial charge in [-0.1, -0.05) is 45.4 Å². The van der Waals surface area contributed by atoms with Crippen molar-refractivity contribution in [2.75, 3.05) is 13.1 Å². The zero-order valence-corrected chi connectivity index (χ0v) is 18.2. The number of likely N-dealkylation sites (tertiary alicyclic amines) is 1. The summed E-state index contributed by atoms with van der Waals surface area (Å²) < 4.78 is 1.79. The van der Waals surface area contributed by atoms with E-state index in [-0.39, 0.29) is 29.7 Å². The number of hydrogen-bond acceptors (Lipinski definition) is 3. The van der Waals surface area contributed by atoms with Crippen LogP contribution in [-0.2, 0) is 4.79 Å². The summed E-state index contributed by atoms with van der Waals surface area (Å²) in [6.07, 6.45) is 3.16. The third-order valence-corrected chi connectivity index (χ3v) is 5.52. The Morgan fingerprint density at radius 1 is 1.17 bits per heavy atom. The van der Waals surface area contributed by atoms with Gasteiger partial charge in [-0.05, 0) is 37.0 Å². The molecule has 0 spiro atoms. The van der Waals surface area contributed by atoms with Crippen LogP contribution in [0.3, 0.4) is 0 Å². The number of aromatic nitrogens is 2. The first-order chi connectivity index (χ1) is 13.8. The molecule has 7 heteroatoms. The number of rotatable bonds is 5. The van der Waals surface area contributed by atoms with E-state index in [1.54, 1.807) is 10.9 Å². The number of amides is 2. The third-order valence-electron chi connectivity index (χ3n) is 5.29. The number of carbonyl (C=O) groups is 2. The van der Waals surface area contributed by atoms with Gasteiger partial charge in [-0.3, -0.25) is 9.59 Å². The summed E-state index contributed by atoms with van der Waals surface area (Å²) in [5.74, 6) is 0.185. The van der Waals surface area contributed by atoms with Crippen LogP contribution in [0.1, 0.15) is 62.5 Å². The highest BCUT2D eigenvalue weighted by Gasteiger charge is 2.27. The molecule has 1 aromatic carbocycles. The van der Waals surface area contributed by atoms with Crippen molar-refractivity contribution < 1.29 is 9.59 Å². The first kappa shape index (κ1) is 21.4. The van der Waals surface area contributed by atoms with Gasteiger partial charge in [-0.15, -0.1) is 0 Å². The molecule has 1 aromatic heterocycles. The van der Waals surface area contributed by atoms with E-state index < -0.39 is 0 Å². The molecule has 1 aliphatic heterocycles. The van der Waals surface area contributed by atoms with Crippen LogP contribution in [0.25, 0.3) is 5.69 Å². The average Bonchev–Trinajstić information content (AvgIpc) is 3.13. The molecule has 29 heavy (non-hydrogen) atoms. The van der Waals surface area contributed by atoms with Crippen LogP contribution in [0.2, 0.25) is 5.02 Å². The van der Waals surface area contributed by atoms with E-state index in [1.807, 2.05) is 56.9 Å². The number of halogens is 1. The van der Waals surface area contributed by atoms with Crippen LogP contribution in [0.15, 0.2) is 30.5 Å². The molecule has 2 aromatic rings. The van der Waals surface area contributed by atoms with E-state index in [9.17, 15) is 9.59 Å². The van der Waals surface area contributed by atoms with Gasteiger partial charge in [-0.2, -0.15) is 5.10 Å². The van der Waals surface area contributed by atoms with Crippen molar-refractivity contribution >= 4 is 23.4 Å². The normalized spacial score (nSPS) is 15.2. The smallest absolute Gasteiger partial charge is 0.255 e. The topological polar surface area (TPSA) is 67.2 Å². The lowest BCUT2D eigenvalue weighted by atomic mass is 10.0. The van der Waals surface area contributed by atoms with Crippen molar-refractivity contribution in [3.8, 4) is 5.69 Å². The number of carbonyl (C=O) groups excluding carboxylic acids is 2. The number of piperidine rings is 1. The molecule has 2 amide bonds. The van der Waals surface area contributed by atoms with Crippen molar-refractivity contribution in [3.63, 3.8) is 0 Å². The fourth-order valence-electron chi connectivity index (χ4n) is 3.77. The molecule has 3 rings (SSSR count). The Bertz CT molecular complexity index is 883. The highest BCUT2D eigenvalue weighted by Crippen LogP contribution is 2.25. The number of hydrogen-bond donors (Lipinski definition) is 1. The van der Waals surface area contributed by atoms with Crippen molar-refractivity contribution in [1.29, 1.82) is 0 Å². The van der Waals surface area contributed by atoms with Gasteiger partial charge in [0, 0.05) is 30.1 Å². The predicted molar refractivity (Wildman–Crippen MR) is 115 cm³/mol. The molecule has 6 nitrogen and oxygen atoms in total. The lowest BCUT2D eigenvalue weighted by Crippen LogP contribution is -2.47. The van der Waals surface area contributed by atoms with E-state index in [1.165, 1.54) is 0 Å². The Balaban J connectivity index is 1.73. The molecular formula is C22H29ClN4O2. The van der Waals surface area contributed by atoms with Gasteiger partial charge in [0.2, 0.25) is 5.91 Å². The molecule has 0 saturated carbocycles. The van der Waals surface area contributed by atoms with Gasteiger partial charge in [-0.25, -0.2) is 4.68 Å². The summed E-state index contributed by atoms with van der Waals surface area (Å²) in [7, 11) is 0.